The van der Waals surface area contributed by atoms with Gasteiger partial charge in [-0.25, -0.2) is 8.42 Å². The molecule has 0 aliphatic rings. The van der Waals surface area contributed by atoms with Crippen LogP contribution in [-0.4, -0.2) is 37.0 Å². The summed E-state index contributed by atoms with van der Waals surface area (Å²) in [5.41, 5.74) is 2.12. The monoisotopic (exact) mass is 445 g/mol. The first-order valence-corrected chi connectivity index (χ1v) is 11.5. The summed E-state index contributed by atoms with van der Waals surface area (Å²) in [5, 5.41) is 0.906. The molecule has 10 heteroatoms. The van der Waals surface area contributed by atoms with Crippen molar-refractivity contribution in [2.75, 3.05) is 6.61 Å². The van der Waals surface area contributed by atoms with Gasteiger partial charge in [0.25, 0.3) is 0 Å². The lowest BCUT2D eigenvalue weighted by atomic mass is 10.1. The molecule has 8 nitrogen and oxygen atoms in total. The van der Waals surface area contributed by atoms with Gasteiger partial charge in [-0.05, 0) is 36.8 Å². The standard InChI is InChI=1S/C20H19N3O5S2/c1-2-28-19(24)17(9-12-11-21-15-6-4-3-5-14(12)15)23-30(26,27)13-7-8-18-16(10-13)22-20(25)29-18/h3-8,10-11,17,21,23H,2,9H2,1H3,(H,22,25). The quantitative estimate of drug-likeness (QED) is 0.378. The molecule has 0 aliphatic heterocycles. The maximum atomic E-state index is 13.0. The zero-order chi connectivity index (χ0) is 21.3. The van der Waals surface area contributed by atoms with E-state index in [1.54, 1.807) is 19.2 Å². The van der Waals surface area contributed by atoms with E-state index in [1.807, 2.05) is 24.3 Å². The third-order valence-corrected chi connectivity index (χ3v) is 7.00. The Labute approximate surface area is 175 Å². The number of hydrogen-bond acceptors (Lipinski definition) is 6. The van der Waals surface area contributed by atoms with Gasteiger partial charge in [-0.15, -0.1) is 0 Å². The summed E-state index contributed by atoms with van der Waals surface area (Å²) in [5.74, 6) is -0.656. The summed E-state index contributed by atoms with van der Waals surface area (Å²) in [7, 11) is -4.04. The normalized spacial score (nSPS) is 13.0. The van der Waals surface area contributed by atoms with Crippen molar-refractivity contribution in [2.45, 2.75) is 24.3 Å². The van der Waals surface area contributed by atoms with Crippen LogP contribution in [0.25, 0.3) is 21.1 Å². The van der Waals surface area contributed by atoms with Crippen LogP contribution in [0.15, 0.2) is 58.4 Å². The van der Waals surface area contributed by atoms with Crippen LogP contribution in [0.4, 0.5) is 0 Å². The molecule has 2 aromatic carbocycles. The topological polar surface area (TPSA) is 121 Å². The van der Waals surface area contributed by atoms with Crippen LogP contribution in [0.2, 0.25) is 0 Å². The molecule has 1 unspecified atom stereocenters. The molecule has 0 amide bonds. The maximum absolute atomic E-state index is 13.0. The molecule has 2 heterocycles. The van der Waals surface area contributed by atoms with Gasteiger partial charge in [0, 0.05) is 23.5 Å². The number of para-hydroxylation sites is 1. The SMILES string of the molecule is CCOC(=O)C(Cc1c[nH]c2ccccc12)NS(=O)(=O)c1ccc2sc(=O)[nH]c2c1. The Morgan fingerprint density at radius 1 is 1.20 bits per heavy atom. The fourth-order valence-corrected chi connectivity index (χ4v) is 5.22. The zero-order valence-corrected chi connectivity index (χ0v) is 17.6. The van der Waals surface area contributed by atoms with Crippen LogP contribution in [0.1, 0.15) is 12.5 Å². The van der Waals surface area contributed by atoms with Crippen molar-refractivity contribution in [3.8, 4) is 0 Å². The van der Waals surface area contributed by atoms with Gasteiger partial charge in [0.05, 0.1) is 21.7 Å². The molecular formula is C20H19N3O5S2. The second kappa shape index (κ2) is 8.05. The highest BCUT2D eigenvalue weighted by Crippen LogP contribution is 2.22. The molecule has 0 bridgehead atoms. The molecule has 2 aromatic heterocycles. The number of rotatable bonds is 7. The Morgan fingerprint density at radius 2 is 2.00 bits per heavy atom. The predicted octanol–water partition coefficient (Wildman–Crippen LogP) is 2.52. The number of esters is 1. The predicted molar refractivity (Wildman–Crippen MR) is 115 cm³/mol. The number of ether oxygens (including phenoxy) is 1. The summed E-state index contributed by atoms with van der Waals surface area (Å²) < 4.78 is 34.2. The van der Waals surface area contributed by atoms with E-state index in [0.29, 0.717) is 10.2 Å². The van der Waals surface area contributed by atoms with Crippen molar-refractivity contribution >= 4 is 48.4 Å². The van der Waals surface area contributed by atoms with Crippen LogP contribution in [-0.2, 0) is 26.0 Å². The summed E-state index contributed by atoms with van der Waals surface area (Å²) in [6, 6.07) is 10.8. The number of aromatic nitrogens is 2. The van der Waals surface area contributed by atoms with Crippen LogP contribution in [0.3, 0.4) is 0 Å². The molecule has 4 aromatic rings. The highest BCUT2D eigenvalue weighted by atomic mass is 32.2. The smallest absolute Gasteiger partial charge is 0.324 e. The summed E-state index contributed by atoms with van der Waals surface area (Å²) in [6.07, 6.45) is 1.88. The summed E-state index contributed by atoms with van der Waals surface area (Å²) >= 11 is 0.997. The number of hydrogen-bond donors (Lipinski definition) is 3. The number of H-pyrrole nitrogens is 2. The van der Waals surface area contributed by atoms with Crippen LogP contribution < -0.4 is 9.60 Å². The number of carbonyl (C=O) groups excluding carboxylic acids is 1. The Morgan fingerprint density at radius 3 is 2.80 bits per heavy atom. The van der Waals surface area contributed by atoms with E-state index in [-0.39, 0.29) is 22.8 Å². The molecule has 4 rings (SSSR count). The van der Waals surface area contributed by atoms with E-state index in [2.05, 4.69) is 14.7 Å². The van der Waals surface area contributed by atoms with Crippen molar-refractivity contribution < 1.29 is 17.9 Å². The molecule has 30 heavy (non-hydrogen) atoms. The minimum atomic E-state index is -4.04. The van der Waals surface area contributed by atoms with E-state index in [0.717, 1.165) is 27.8 Å². The van der Waals surface area contributed by atoms with Crippen molar-refractivity contribution in [2.24, 2.45) is 0 Å². The number of thiazole rings is 1. The van der Waals surface area contributed by atoms with Gasteiger partial charge in [0.2, 0.25) is 10.0 Å². The lowest BCUT2D eigenvalue weighted by molar-refractivity contribution is -0.145. The van der Waals surface area contributed by atoms with E-state index in [9.17, 15) is 18.0 Å². The molecule has 0 saturated heterocycles. The number of fused-ring (bicyclic) bond motifs is 2. The molecule has 1 atom stereocenters. The molecule has 0 saturated carbocycles. The highest BCUT2D eigenvalue weighted by Gasteiger charge is 2.28. The lowest BCUT2D eigenvalue weighted by Crippen LogP contribution is -2.43. The van der Waals surface area contributed by atoms with E-state index < -0.39 is 22.0 Å². The van der Waals surface area contributed by atoms with Crippen LogP contribution in [0.5, 0.6) is 0 Å². The highest BCUT2D eigenvalue weighted by molar-refractivity contribution is 7.89. The Balaban J connectivity index is 1.66. The van der Waals surface area contributed by atoms with Crippen LogP contribution in [0, 0.1) is 0 Å². The average molecular weight is 446 g/mol. The van der Waals surface area contributed by atoms with Gasteiger partial charge in [0.1, 0.15) is 6.04 Å². The molecule has 156 valence electrons. The Hall–Kier alpha value is -2.95. The van der Waals surface area contributed by atoms with Gasteiger partial charge in [0.15, 0.2) is 0 Å². The molecule has 0 spiro atoms. The van der Waals surface area contributed by atoms with Crippen LogP contribution >= 0.6 is 11.3 Å². The third kappa shape index (κ3) is 4.02. The van der Waals surface area contributed by atoms with Crippen molar-refractivity contribution in [3.63, 3.8) is 0 Å². The first-order chi connectivity index (χ1) is 14.4. The lowest BCUT2D eigenvalue weighted by Gasteiger charge is -2.17. The summed E-state index contributed by atoms with van der Waals surface area (Å²) in [4.78, 5) is 29.4. The first kappa shape index (κ1) is 20.3. The molecular weight excluding hydrogens is 426 g/mol. The first-order valence-electron chi connectivity index (χ1n) is 9.24. The minimum absolute atomic E-state index is 0.0442. The van der Waals surface area contributed by atoms with Gasteiger partial charge in [-0.3, -0.25) is 9.59 Å². The van der Waals surface area contributed by atoms with E-state index >= 15 is 0 Å². The minimum Gasteiger partial charge on any atom is -0.465 e. The van der Waals surface area contributed by atoms with Gasteiger partial charge in [-0.1, -0.05) is 29.5 Å². The molecule has 0 radical (unpaired) electrons. The number of carbonyl (C=O) groups is 1. The van der Waals surface area contributed by atoms with Gasteiger partial charge in [-0.2, -0.15) is 4.72 Å². The van der Waals surface area contributed by atoms with Crippen molar-refractivity contribution in [1.82, 2.24) is 14.7 Å². The van der Waals surface area contributed by atoms with Crippen molar-refractivity contribution in [1.29, 1.82) is 0 Å². The fraction of sp³-hybridized carbons (Fsp3) is 0.200. The number of nitrogens with one attached hydrogen (secondary N) is 3. The maximum Gasteiger partial charge on any atom is 0.324 e. The molecule has 3 N–H and O–H groups in total. The van der Waals surface area contributed by atoms with E-state index in [1.165, 1.54) is 12.1 Å². The summed E-state index contributed by atoms with van der Waals surface area (Å²) in [6.45, 7) is 1.79. The second-order valence-corrected chi connectivity index (χ2v) is 9.39. The third-order valence-electron chi connectivity index (χ3n) is 4.67. The molecule has 0 fully saturated rings. The largest absolute Gasteiger partial charge is 0.465 e. The fourth-order valence-electron chi connectivity index (χ4n) is 3.29. The number of sulfonamides is 1. The average Bonchev–Trinajstić information content (AvgIpc) is 3.29. The van der Waals surface area contributed by atoms with Crippen molar-refractivity contribution in [3.05, 3.63) is 63.9 Å². The zero-order valence-electron chi connectivity index (χ0n) is 16.0. The number of benzene rings is 2. The number of aromatic amines is 2. The Kier molecular flexibility index (Phi) is 5.46. The van der Waals surface area contributed by atoms with Gasteiger partial charge >= 0.3 is 10.8 Å². The van der Waals surface area contributed by atoms with E-state index in [4.69, 9.17) is 4.74 Å². The van der Waals surface area contributed by atoms with Gasteiger partial charge < -0.3 is 14.7 Å². The Bertz CT molecular complexity index is 1380. The second-order valence-electron chi connectivity index (χ2n) is 6.66. The molecule has 0 aliphatic carbocycles.